The third-order valence-corrected chi connectivity index (χ3v) is 5.36. The molecule has 2 aromatic carbocycles. The van der Waals surface area contributed by atoms with Crippen LogP contribution >= 0.6 is 0 Å². The number of fused-ring (bicyclic) bond motifs is 2. The summed E-state index contributed by atoms with van der Waals surface area (Å²) in [7, 11) is 0. The number of nitrogens with two attached hydrogens (primary N) is 1. The molecule has 32 heavy (non-hydrogen) atoms. The molecule has 0 spiro atoms. The number of benzene rings is 2. The second kappa shape index (κ2) is 7.93. The molecule has 0 aliphatic heterocycles. The molecule has 9 heteroatoms. The minimum absolute atomic E-state index is 0.0189. The van der Waals surface area contributed by atoms with Crippen molar-refractivity contribution < 1.29 is 14.2 Å². The van der Waals surface area contributed by atoms with Crippen molar-refractivity contribution >= 4 is 27.6 Å². The molecule has 0 amide bonds. The minimum atomic E-state index is -0.439. The van der Waals surface area contributed by atoms with E-state index < -0.39 is 6.10 Å². The van der Waals surface area contributed by atoms with Crippen LogP contribution in [0, 0.1) is 5.82 Å². The molecule has 0 radical (unpaired) electrons. The Morgan fingerprint density at radius 3 is 2.81 bits per heavy atom. The van der Waals surface area contributed by atoms with Crippen LogP contribution in [0.5, 0.6) is 5.75 Å². The van der Waals surface area contributed by atoms with Crippen LogP contribution in [0.3, 0.4) is 0 Å². The van der Waals surface area contributed by atoms with Crippen molar-refractivity contribution in [3.63, 3.8) is 0 Å². The number of aromatic nitrogens is 5. The highest BCUT2D eigenvalue weighted by Crippen LogP contribution is 2.33. The number of hydrogen-bond acceptors (Lipinski definition) is 6. The molecule has 0 aliphatic carbocycles. The van der Waals surface area contributed by atoms with Crippen molar-refractivity contribution in [3.05, 3.63) is 72.4 Å². The molecular weight excluding hydrogens is 411 g/mol. The van der Waals surface area contributed by atoms with E-state index in [-0.39, 0.29) is 18.2 Å². The fourth-order valence-corrected chi connectivity index (χ4v) is 3.83. The van der Waals surface area contributed by atoms with Gasteiger partial charge in [0.25, 0.3) is 0 Å². The highest BCUT2D eigenvalue weighted by atomic mass is 19.1. The molecule has 0 fully saturated rings. The Labute approximate surface area is 182 Å². The van der Waals surface area contributed by atoms with E-state index in [4.69, 9.17) is 10.5 Å². The van der Waals surface area contributed by atoms with E-state index in [9.17, 15) is 9.50 Å². The highest BCUT2D eigenvalue weighted by molar-refractivity contribution is 5.84. The molecule has 0 aliphatic rings. The number of halogens is 1. The molecule has 0 saturated heterocycles. The molecule has 5 aromatic rings. The number of hydrogen-bond donors (Lipinski definition) is 2. The van der Waals surface area contributed by atoms with Gasteiger partial charge in [0.15, 0.2) is 11.6 Å². The molecular formula is C23H21FN6O2. The Morgan fingerprint density at radius 2 is 2.03 bits per heavy atom. The van der Waals surface area contributed by atoms with Crippen molar-refractivity contribution in [1.29, 1.82) is 0 Å². The largest absolute Gasteiger partial charge is 0.482 e. The standard InChI is InChI=1S/C23H21FN6O2/c1-14(32-22-11-15-9-17(24)3-4-19(15)28-23(22)25)18-12-20-16(13-27-30(20)7-8-31)10-21(18)29-6-2-5-26-29/h2-6,9-14,31H,7-8H2,1H3,(H2,25,28)/t14-/m0/s1. The molecule has 3 heterocycles. The van der Waals surface area contributed by atoms with Crippen LogP contribution in [-0.4, -0.2) is 36.3 Å². The summed E-state index contributed by atoms with van der Waals surface area (Å²) < 4.78 is 23.4. The van der Waals surface area contributed by atoms with E-state index in [0.29, 0.717) is 23.2 Å². The summed E-state index contributed by atoms with van der Waals surface area (Å²) in [4.78, 5) is 4.34. The van der Waals surface area contributed by atoms with E-state index in [2.05, 4.69) is 15.2 Å². The Kier molecular flexibility index (Phi) is 4.95. The molecule has 8 nitrogen and oxygen atoms in total. The number of anilines is 1. The van der Waals surface area contributed by atoms with Crippen molar-refractivity contribution in [2.24, 2.45) is 0 Å². The first kappa shape index (κ1) is 20.0. The van der Waals surface area contributed by atoms with Crippen molar-refractivity contribution in [3.8, 4) is 11.4 Å². The van der Waals surface area contributed by atoms with Crippen molar-refractivity contribution in [2.45, 2.75) is 19.6 Å². The minimum Gasteiger partial charge on any atom is -0.482 e. The number of aliphatic hydroxyl groups is 1. The summed E-state index contributed by atoms with van der Waals surface area (Å²) >= 11 is 0. The van der Waals surface area contributed by atoms with Gasteiger partial charge in [-0.05, 0) is 49.4 Å². The molecule has 0 unspecified atom stereocenters. The third-order valence-electron chi connectivity index (χ3n) is 5.36. The predicted octanol–water partition coefficient (Wildman–Crippen LogP) is 3.62. The zero-order chi connectivity index (χ0) is 22.2. The average Bonchev–Trinajstić information content (AvgIpc) is 3.44. The SMILES string of the molecule is C[C@H](Oc1cc2cc(F)ccc2nc1N)c1cc2c(cnn2CCO)cc1-n1cccn1. The smallest absolute Gasteiger partial charge is 0.166 e. The van der Waals surface area contributed by atoms with E-state index >= 15 is 0 Å². The van der Waals surface area contributed by atoms with E-state index in [0.717, 1.165) is 22.2 Å². The number of ether oxygens (including phenoxy) is 1. The van der Waals surface area contributed by atoms with Gasteiger partial charge < -0.3 is 15.6 Å². The maximum Gasteiger partial charge on any atom is 0.166 e. The predicted molar refractivity (Wildman–Crippen MR) is 119 cm³/mol. The topological polar surface area (TPSA) is 104 Å². The highest BCUT2D eigenvalue weighted by Gasteiger charge is 2.19. The molecule has 5 rings (SSSR count). The summed E-state index contributed by atoms with van der Waals surface area (Å²) in [5.41, 5.74) is 9.27. The lowest BCUT2D eigenvalue weighted by molar-refractivity contribution is 0.227. The van der Waals surface area contributed by atoms with E-state index in [1.54, 1.807) is 33.9 Å². The Morgan fingerprint density at radius 1 is 1.16 bits per heavy atom. The fraction of sp³-hybridized carbons (Fsp3) is 0.174. The van der Waals surface area contributed by atoms with Gasteiger partial charge in [0.05, 0.1) is 36.1 Å². The van der Waals surface area contributed by atoms with Crippen molar-refractivity contribution in [2.75, 3.05) is 12.3 Å². The van der Waals surface area contributed by atoms with Gasteiger partial charge >= 0.3 is 0 Å². The average molecular weight is 432 g/mol. The summed E-state index contributed by atoms with van der Waals surface area (Å²) in [6.45, 7) is 2.26. The van der Waals surface area contributed by atoms with Crippen LogP contribution in [0.25, 0.3) is 27.5 Å². The van der Waals surface area contributed by atoms with Crippen LogP contribution in [0.1, 0.15) is 18.6 Å². The monoisotopic (exact) mass is 432 g/mol. The van der Waals surface area contributed by atoms with Gasteiger partial charge in [-0.25, -0.2) is 14.1 Å². The molecule has 3 N–H and O–H groups in total. The molecule has 1 atom stereocenters. The van der Waals surface area contributed by atoms with Gasteiger partial charge in [-0.15, -0.1) is 0 Å². The molecule has 0 saturated carbocycles. The number of nitrogens with zero attached hydrogens (tertiary/aromatic N) is 5. The molecule has 162 valence electrons. The number of pyridine rings is 1. The van der Waals surface area contributed by atoms with Crippen LogP contribution in [0.2, 0.25) is 0 Å². The van der Waals surface area contributed by atoms with Gasteiger partial charge in [-0.3, -0.25) is 4.68 Å². The van der Waals surface area contributed by atoms with E-state index in [1.807, 2.05) is 31.3 Å². The Bertz CT molecular complexity index is 1410. The van der Waals surface area contributed by atoms with Gasteiger partial charge in [0.1, 0.15) is 11.9 Å². The summed E-state index contributed by atoms with van der Waals surface area (Å²) in [6, 6.07) is 11.8. The lowest BCUT2D eigenvalue weighted by atomic mass is 10.1. The Hall–Kier alpha value is -3.98. The zero-order valence-electron chi connectivity index (χ0n) is 17.3. The first-order valence-electron chi connectivity index (χ1n) is 10.2. The first-order valence-corrected chi connectivity index (χ1v) is 10.2. The summed E-state index contributed by atoms with van der Waals surface area (Å²) in [5.74, 6) is 0.237. The lowest BCUT2D eigenvalue weighted by Gasteiger charge is -2.20. The zero-order valence-corrected chi connectivity index (χ0v) is 17.3. The lowest BCUT2D eigenvalue weighted by Crippen LogP contribution is -2.11. The maximum absolute atomic E-state index is 13.7. The number of nitrogen functional groups attached to an aromatic ring is 1. The van der Waals surface area contributed by atoms with Gasteiger partial charge in [-0.2, -0.15) is 10.2 Å². The first-order chi connectivity index (χ1) is 15.5. The number of rotatable bonds is 6. The summed E-state index contributed by atoms with van der Waals surface area (Å²) in [6.07, 6.45) is 4.87. The molecule has 3 aromatic heterocycles. The van der Waals surface area contributed by atoms with Gasteiger partial charge in [-0.1, -0.05) is 0 Å². The molecule has 0 bridgehead atoms. The maximum atomic E-state index is 13.7. The number of aliphatic hydroxyl groups excluding tert-OH is 1. The second-order valence-corrected chi connectivity index (χ2v) is 7.48. The van der Waals surface area contributed by atoms with Gasteiger partial charge in [0.2, 0.25) is 0 Å². The second-order valence-electron chi connectivity index (χ2n) is 7.48. The van der Waals surface area contributed by atoms with Crippen LogP contribution in [0.4, 0.5) is 10.2 Å². The van der Waals surface area contributed by atoms with Crippen LogP contribution in [0.15, 0.2) is 61.1 Å². The van der Waals surface area contributed by atoms with Gasteiger partial charge in [0, 0.05) is 28.7 Å². The van der Waals surface area contributed by atoms with Crippen LogP contribution in [-0.2, 0) is 6.54 Å². The normalized spacial score (nSPS) is 12.5. The quantitative estimate of drug-likeness (QED) is 0.425. The van der Waals surface area contributed by atoms with Crippen LogP contribution < -0.4 is 10.5 Å². The third kappa shape index (κ3) is 3.52. The van der Waals surface area contributed by atoms with Crippen molar-refractivity contribution in [1.82, 2.24) is 24.5 Å². The van der Waals surface area contributed by atoms with E-state index in [1.165, 1.54) is 12.1 Å². The Balaban J connectivity index is 1.59. The fourth-order valence-electron chi connectivity index (χ4n) is 3.83. The summed E-state index contributed by atoms with van der Waals surface area (Å²) in [5, 5.41) is 19.6.